The molecule has 1 unspecified atom stereocenters. The van der Waals surface area contributed by atoms with Crippen LogP contribution in [0.15, 0.2) is 12.7 Å². The SMILES string of the molecule is C=CCCC(C)(O)B1OC(C)(C)C(C)(C)O1. The molecule has 0 saturated carbocycles. The van der Waals surface area contributed by atoms with Crippen molar-refractivity contribution in [3.63, 3.8) is 0 Å². The van der Waals surface area contributed by atoms with Crippen molar-refractivity contribution in [3.8, 4) is 0 Å². The van der Waals surface area contributed by atoms with Crippen LogP contribution < -0.4 is 0 Å². The van der Waals surface area contributed by atoms with Gasteiger partial charge in [0.25, 0.3) is 0 Å². The van der Waals surface area contributed by atoms with E-state index >= 15 is 0 Å². The highest BCUT2D eigenvalue weighted by atomic mass is 16.7. The van der Waals surface area contributed by atoms with Gasteiger partial charge in [-0.3, -0.25) is 0 Å². The zero-order valence-electron chi connectivity index (χ0n) is 11.0. The molecule has 1 N–H and O–H groups in total. The van der Waals surface area contributed by atoms with E-state index in [9.17, 15) is 5.11 Å². The van der Waals surface area contributed by atoms with Crippen LogP contribution in [-0.4, -0.2) is 28.9 Å². The van der Waals surface area contributed by atoms with Gasteiger partial charge >= 0.3 is 7.12 Å². The molecule has 1 fully saturated rings. The molecule has 1 rings (SSSR count). The second-order valence-corrected chi connectivity index (χ2v) is 5.77. The van der Waals surface area contributed by atoms with Crippen LogP contribution in [0.3, 0.4) is 0 Å². The van der Waals surface area contributed by atoms with Crippen molar-refractivity contribution in [2.45, 2.75) is 64.2 Å². The Hall–Kier alpha value is -0.315. The first kappa shape index (κ1) is 13.7. The monoisotopic (exact) mass is 226 g/mol. The zero-order valence-corrected chi connectivity index (χ0v) is 11.0. The van der Waals surface area contributed by atoms with Crippen LogP contribution in [-0.2, 0) is 9.31 Å². The number of aliphatic hydroxyl groups is 1. The minimum Gasteiger partial charge on any atom is -0.401 e. The molecular formula is C12H23BO3. The minimum atomic E-state index is -0.973. The summed E-state index contributed by atoms with van der Waals surface area (Å²) in [4.78, 5) is 0. The van der Waals surface area contributed by atoms with E-state index in [1.165, 1.54) is 0 Å². The van der Waals surface area contributed by atoms with Gasteiger partial charge < -0.3 is 14.4 Å². The predicted molar refractivity (Wildman–Crippen MR) is 66.1 cm³/mol. The third-order valence-corrected chi connectivity index (χ3v) is 3.62. The quantitative estimate of drug-likeness (QED) is 0.590. The van der Waals surface area contributed by atoms with Crippen LogP contribution in [0.4, 0.5) is 0 Å². The van der Waals surface area contributed by atoms with E-state index in [2.05, 4.69) is 6.58 Å². The first-order valence-electron chi connectivity index (χ1n) is 5.81. The van der Waals surface area contributed by atoms with E-state index in [0.29, 0.717) is 6.42 Å². The van der Waals surface area contributed by atoms with Crippen LogP contribution in [0.1, 0.15) is 47.5 Å². The zero-order chi connectivity index (χ0) is 12.6. The summed E-state index contributed by atoms with van der Waals surface area (Å²) in [5.74, 6) is 0. The maximum atomic E-state index is 10.3. The van der Waals surface area contributed by atoms with Crippen molar-refractivity contribution in [2.75, 3.05) is 0 Å². The van der Waals surface area contributed by atoms with Gasteiger partial charge in [-0.1, -0.05) is 6.08 Å². The Kier molecular flexibility index (Phi) is 3.58. The van der Waals surface area contributed by atoms with Crippen LogP contribution in [0.5, 0.6) is 0 Å². The number of allylic oxidation sites excluding steroid dienone is 1. The average Bonchev–Trinajstić information content (AvgIpc) is 2.34. The maximum Gasteiger partial charge on any atom is 0.491 e. The van der Waals surface area contributed by atoms with Gasteiger partial charge in [0, 0.05) is 0 Å². The van der Waals surface area contributed by atoms with Gasteiger partial charge in [-0.05, 0) is 47.5 Å². The number of hydrogen-bond donors (Lipinski definition) is 1. The molecule has 0 amide bonds. The van der Waals surface area contributed by atoms with E-state index in [0.717, 1.165) is 6.42 Å². The maximum absolute atomic E-state index is 10.3. The lowest BCUT2D eigenvalue weighted by Crippen LogP contribution is -2.45. The average molecular weight is 226 g/mol. The summed E-state index contributed by atoms with van der Waals surface area (Å²) in [6.07, 6.45) is 3.13. The molecule has 0 aromatic carbocycles. The highest BCUT2D eigenvalue weighted by Gasteiger charge is 2.57. The smallest absolute Gasteiger partial charge is 0.401 e. The van der Waals surface area contributed by atoms with Gasteiger partial charge in [-0.2, -0.15) is 0 Å². The van der Waals surface area contributed by atoms with Crippen LogP contribution >= 0.6 is 0 Å². The number of rotatable bonds is 4. The summed E-state index contributed by atoms with van der Waals surface area (Å²) in [6, 6.07) is 0. The fourth-order valence-corrected chi connectivity index (χ4v) is 1.61. The molecule has 4 heteroatoms. The lowest BCUT2D eigenvalue weighted by atomic mass is 9.66. The highest BCUT2D eigenvalue weighted by Crippen LogP contribution is 2.40. The molecule has 1 atom stereocenters. The third-order valence-electron chi connectivity index (χ3n) is 3.62. The van der Waals surface area contributed by atoms with E-state index in [1.54, 1.807) is 13.0 Å². The van der Waals surface area contributed by atoms with Crippen LogP contribution in [0.2, 0.25) is 0 Å². The second-order valence-electron chi connectivity index (χ2n) is 5.77. The normalized spacial score (nSPS) is 26.5. The van der Waals surface area contributed by atoms with Crippen molar-refractivity contribution >= 4 is 7.12 Å². The first-order chi connectivity index (χ1) is 7.12. The van der Waals surface area contributed by atoms with Gasteiger partial charge in [0.15, 0.2) is 0 Å². The van der Waals surface area contributed by atoms with E-state index in [1.807, 2.05) is 27.7 Å². The van der Waals surface area contributed by atoms with Crippen molar-refractivity contribution < 1.29 is 14.4 Å². The van der Waals surface area contributed by atoms with Gasteiger partial charge in [0.1, 0.15) is 0 Å². The molecule has 16 heavy (non-hydrogen) atoms. The Balaban J connectivity index is 2.74. The Morgan fingerprint density at radius 2 is 1.69 bits per heavy atom. The standard InChI is InChI=1S/C12H23BO3/c1-7-8-9-12(6,14)13-15-10(2,3)11(4,5)16-13/h7,14H,1,8-9H2,2-6H3. The molecule has 0 bridgehead atoms. The summed E-state index contributed by atoms with van der Waals surface area (Å²) in [7, 11) is -0.572. The molecule has 0 spiro atoms. The molecule has 1 aliphatic heterocycles. The minimum absolute atomic E-state index is 0.393. The van der Waals surface area contributed by atoms with E-state index < -0.39 is 23.8 Å². The summed E-state index contributed by atoms with van der Waals surface area (Å²) in [6.45, 7) is 13.3. The summed E-state index contributed by atoms with van der Waals surface area (Å²) in [5.41, 5.74) is -1.76. The van der Waals surface area contributed by atoms with Crippen LogP contribution in [0, 0.1) is 0 Å². The second kappa shape index (κ2) is 4.17. The van der Waals surface area contributed by atoms with Gasteiger partial charge in [-0.15, -0.1) is 6.58 Å². The van der Waals surface area contributed by atoms with Crippen molar-refractivity contribution in [1.29, 1.82) is 0 Å². The molecule has 0 radical (unpaired) electrons. The summed E-state index contributed by atoms with van der Waals surface area (Å²) in [5, 5.41) is 10.3. The topological polar surface area (TPSA) is 38.7 Å². The van der Waals surface area contributed by atoms with Crippen LogP contribution in [0.25, 0.3) is 0 Å². The lowest BCUT2D eigenvalue weighted by molar-refractivity contribution is 0.00578. The lowest BCUT2D eigenvalue weighted by Gasteiger charge is -2.32. The van der Waals surface area contributed by atoms with Gasteiger partial charge in [-0.25, -0.2) is 0 Å². The van der Waals surface area contributed by atoms with Crippen molar-refractivity contribution in [2.24, 2.45) is 0 Å². The third kappa shape index (κ3) is 2.50. The Labute approximate surface area is 99.0 Å². The van der Waals surface area contributed by atoms with Gasteiger partial charge in [0.05, 0.1) is 16.7 Å². The Bertz CT molecular complexity index is 255. The Morgan fingerprint density at radius 3 is 2.06 bits per heavy atom. The Morgan fingerprint density at radius 1 is 1.25 bits per heavy atom. The van der Waals surface area contributed by atoms with E-state index in [4.69, 9.17) is 9.31 Å². The largest absolute Gasteiger partial charge is 0.491 e. The fraction of sp³-hybridized carbons (Fsp3) is 0.833. The summed E-state index contributed by atoms with van der Waals surface area (Å²) >= 11 is 0. The molecule has 1 saturated heterocycles. The van der Waals surface area contributed by atoms with E-state index in [-0.39, 0.29) is 0 Å². The molecule has 0 aromatic rings. The predicted octanol–water partition coefficient (Wildman–Crippen LogP) is 2.33. The van der Waals surface area contributed by atoms with Crippen molar-refractivity contribution in [1.82, 2.24) is 0 Å². The molecule has 92 valence electrons. The van der Waals surface area contributed by atoms with Crippen molar-refractivity contribution in [3.05, 3.63) is 12.7 Å². The number of hydrogen-bond acceptors (Lipinski definition) is 3. The van der Waals surface area contributed by atoms with Gasteiger partial charge in [0.2, 0.25) is 0 Å². The molecule has 0 aliphatic carbocycles. The molecular weight excluding hydrogens is 203 g/mol. The molecule has 3 nitrogen and oxygen atoms in total. The first-order valence-corrected chi connectivity index (χ1v) is 5.81. The molecule has 1 aliphatic rings. The highest BCUT2D eigenvalue weighted by molar-refractivity contribution is 6.49. The molecule has 0 aromatic heterocycles. The molecule has 1 heterocycles. The summed E-state index contributed by atoms with van der Waals surface area (Å²) < 4.78 is 11.6. The fourth-order valence-electron chi connectivity index (χ4n) is 1.61.